The van der Waals surface area contributed by atoms with Crippen molar-refractivity contribution < 1.29 is 9.59 Å². The zero-order valence-electron chi connectivity index (χ0n) is 16.4. The molecule has 2 saturated heterocycles. The number of amides is 2. The lowest BCUT2D eigenvalue weighted by molar-refractivity contribution is -0.142. The maximum absolute atomic E-state index is 13.3. The van der Waals surface area contributed by atoms with Crippen molar-refractivity contribution in [2.24, 2.45) is 5.92 Å². The molecule has 1 aromatic rings. The summed E-state index contributed by atoms with van der Waals surface area (Å²) in [5.41, 5.74) is -0.0423. The molecular weight excluding hydrogens is 362 g/mol. The maximum Gasteiger partial charge on any atom is 0.254 e. The van der Waals surface area contributed by atoms with Gasteiger partial charge in [0.2, 0.25) is 5.91 Å². The summed E-state index contributed by atoms with van der Waals surface area (Å²) < 4.78 is 0. The number of hydrogen-bond donors (Lipinski definition) is 1. The molecule has 3 rings (SSSR count). The van der Waals surface area contributed by atoms with Crippen LogP contribution in [-0.2, 0) is 4.79 Å². The molecule has 1 N–H and O–H groups in total. The first kappa shape index (κ1) is 21.7. The summed E-state index contributed by atoms with van der Waals surface area (Å²) in [6.07, 6.45) is 3.72. The highest BCUT2D eigenvalue weighted by atomic mass is 35.5. The van der Waals surface area contributed by atoms with Gasteiger partial charge in [0.05, 0.1) is 0 Å². The summed E-state index contributed by atoms with van der Waals surface area (Å²) in [6, 6.07) is 9.31. The number of carbonyl (C=O) groups excluding carboxylic acids is 2. The molecule has 2 heterocycles. The fourth-order valence-corrected chi connectivity index (χ4v) is 4.28. The average Bonchev–Trinajstić information content (AvgIpc) is 3.09. The highest BCUT2D eigenvalue weighted by Gasteiger charge is 2.48. The molecule has 2 aliphatic heterocycles. The molecule has 0 bridgehead atoms. The van der Waals surface area contributed by atoms with E-state index in [2.05, 4.69) is 12.2 Å². The Hall–Kier alpha value is -1.59. The van der Waals surface area contributed by atoms with Crippen molar-refractivity contribution in [3.8, 4) is 0 Å². The van der Waals surface area contributed by atoms with E-state index in [-0.39, 0.29) is 24.2 Å². The summed E-state index contributed by atoms with van der Waals surface area (Å²) in [5.74, 6) is 0.750. The lowest BCUT2D eigenvalue weighted by Gasteiger charge is -2.41. The van der Waals surface area contributed by atoms with E-state index in [1.54, 1.807) is 4.90 Å². The van der Waals surface area contributed by atoms with Crippen LogP contribution >= 0.6 is 12.4 Å². The largest absolute Gasteiger partial charge is 0.341 e. The minimum absolute atomic E-state index is 0. The zero-order valence-corrected chi connectivity index (χ0v) is 17.3. The quantitative estimate of drug-likeness (QED) is 0.836. The Morgan fingerprint density at radius 2 is 1.81 bits per heavy atom. The third-order valence-corrected chi connectivity index (χ3v) is 5.95. The van der Waals surface area contributed by atoms with Crippen LogP contribution in [0.2, 0.25) is 0 Å². The monoisotopic (exact) mass is 393 g/mol. The number of hydrogen-bond acceptors (Lipinski definition) is 3. The molecule has 5 nitrogen and oxygen atoms in total. The summed E-state index contributed by atoms with van der Waals surface area (Å²) in [4.78, 5) is 30.1. The normalized spacial score (nSPS) is 23.2. The standard InChI is InChI=1S/C21H31N3O2.ClH/c1-3-22-16-17-10-14-23(15-11-17)20(26)21(2)12-7-13-24(21)19(25)18-8-5-4-6-9-18;/h4-6,8-9,17,22H,3,7,10-16H2,1-2H3;1H. The Morgan fingerprint density at radius 1 is 1.15 bits per heavy atom. The Balaban J connectivity index is 0.00000261. The van der Waals surface area contributed by atoms with Crippen molar-refractivity contribution in [1.29, 1.82) is 0 Å². The number of likely N-dealkylation sites (tertiary alicyclic amines) is 2. The third-order valence-electron chi connectivity index (χ3n) is 5.95. The maximum atomic E-state index is 13.3. The molecule has 6 heteroatoms. The van der Waals surface area contributed by atoms with Crippen LogP contribution in [0.15, 0.2) is 30.3 Å². The second kappa shape index (κ2) is 9.56. The fourth-order valence-electron chi connectivity index (χ4n) is 4.28. The molecule has 0 radical (unpaired) electrons. The molecule has 2 amide bonds. The van der Waals surface area contributed by atoms with Crippen molar-refractivity contribution >= 4 is 24.2 Å². The van der Waals surface area contributed by atoms with E-state index in [1.165, 1.54) is 0 Å². The number of piperidine rings is 1. The van der Waals surface area contributed by atoms with E-state index in [4.69, 9.17) is 0 Å². The molecule has 1 unspecified atom stereocenters. The van der Waals surface area contributed by atoms with Crippen molar-refractivity contribution in [3.05, 3.63) is 35.9 Å². The van der Waals surface area contributed by atoms with Crippen LogP contribution in [0.3, 0.4) is 0 Å². The zero-order chi connectivity index (χ0) is 18.6. The van der Waals surface area contributed by atoms with Gasteiger partial charge in [-0.2, -0.15) is 0 Å². The Labute approximate surface area is 168 Å². The van der Waals surface area contributed by atoms with Gasteiger partial charge in [-0.3, -0.25) is 9.59 Å². The molecule has 0 spiro atoms. The molecule has 1 aromatic carbocycles. The lowest BCUT2D eigenvalue weighted by atomic mass is 9.92. The molecule has 0 saturated carbocycles. The van der Waals surface area contributed by atoms with Crippen LogP contribution in [-0.4, -0.2) is 59.9 Å². The van der Waals surface area contributed by atoms with Gasteiger partial charge in [-0.25, -0.2) is 0 Å². The number of nitrogens with one attached hydrogen (secondary N) is 1. The average molecular weight is 394 g/mol. The molecular formula is C21H32ClN3O2. The summed E-state index contributed by atoms with van der Waals surface area (Å²) in [5, 5.41) is 3.41. The summed E-state index contributed by atoms with van der Waals surface area (Å²) >= 11 is 0. The minimum atomic E-state index is -0.707. The van der Waals surface area contributed by atoms with Crippen LogP contribution in [0.1, 0.15) is 49.9 Å². The van der Waals surface area contributed by atoms with Crippen LogP contribution in [0, 0.1) is 5.92 Å². The third kappa shape index (κ3) is 4.64. The van der Waals surface area contributed by atoms with E-state index in [0.29, 0.717) is 18.0 Å². The van der Waals surface area contributed by atoms with Gasteiger partial charge in [0.15, 0.2) is 0 Å². The second-order valence-electron chi connectivity index (χ2n) is 7.74. The smallest absolute Gasteiger partial charge is 0.254 e. The van der Waals surface area contributed by atoms with Crippen molar-refractivity contribution in [2.75, 3.05) is 32.7 Å². The lowest BCUT2D eigenvalue weighted by Crippen LogP contribution is -2.58. The molecule has 0 aliphatic carbocycles. The summed E-state index contributed by atoms with van der Waals surface area (Å²) in [6.45, 7) is 8.37. The number of nitrogens with zero attached hydrogens (tertiary/aromatic N) is 2. The number of rotatable bonds is 5. The second-order valence-corrected chi connectivity index (χ2v) is 7.74. The minimum Gasteiger partial charge on any atom is -0.341 e. The van der Waals surface area contributed by atoms with Crippen molar-refractivity contribution in [2.45, 2.75) is 45.1 Å². The molecule has 2 fully saturated rings. The Morgan fingerprint density at radius 3 is 2.44 bits per heavy atom. The predicted octanol–water partition coefficient (Wildman–Crippen LogP) is 2.95. The van der Waals surface area contributed by atoms with Gasteiger partial charge in [0.1, 0.15) is 5.54 Å². The highest BCUT2D eigenvalue weighted by molar-refractivity contribution is 5.99. The first-order valence-corrected chi connectivity index (χ1v) is 9.93. The molecule has 1 atom stereocenters. The topological polar surface area (TPSA) is 52.7 Å². The molecule has 150 valence electrons. The van der Waals surface area contributed by atoms with Crippen LogP contribution < -0.4 is 5.32 Å². The molecule has 0 aromatic heterocycles. The van der Waals surface area contributed by atoms with Crippen molar-refractivity contribution in [1.82, 2.24) is 15.1 Å². The van der Waals surface area contributed by atoms with E-state index in [9.17, 15) is 9.59 Å². The van der Waals surface area contributed by atoms with Gasteiger partial charge in [0, 0.05) is 25.2 Å². The van der Waals surface area contributed by atoms with Crippen molar-refractivity contribution in [3.63, 3.8) is 0 Å². The van der Waals surface area contributed by atoms with E-state index < -0.39 is 5.54 Å². The van der Waals surface area contributed by atoms with Crippen LogP contribution in [0.25, 0.3) is 0 Å². The number of halogens is 1. The van der Waals surface area contributed by atoms with Gasteiger partial charge in [-0.05, 0) is 63.7 Å². The fraction of sp³-hybridized carbons (Fsp3) is 0.619. The molecule has 2 aliphatic rings. The molecule has 27 heavy (non-hydrogen) atoms. The Bertz CT molecular complexity index is 632. The van der Waals surface area contributed by atoms with E-state index >= 15 is 0 Å². The Kier molecular flexibility index (Phi) is 7.68. The van der Waals surface area contributed by atoms with Gasteiger partial charge in [-0.15, -0.1) is 12.4 Å². The van der Waals surface area contributed by atoms with E-state index in [1.807, 2.05) is 42.2 Å². The number of carbonyl (C=O) groups is 2. The van der Waals surface area contributed by atoms with Gasteiger partial charge in [-0.1, -0.05) is 25.1 Å². The predicted molar refractivity (Wildman–Crippen MR) is 110 cm³/mol. The number of benzene rings is 1. The van der Waals surface area contributed by atoms with Gasteiger partial charge >= 0.3 is 0 Å². The van der Waals surface area contributed by atoms with Crippen LogP contribution in [0.4, 0.5) is 0 Å². The highest BCUT2D eigenvalue weighted by Crippen LogP contribution is 2.33. The van der Waals surface area contributed by atoms with Gasteiger partial charge < -0.3 is 15.1 Å². The first-order valence-electron chi connectivity index (χ1n) is 9.93. The van der Waals surface area contributed by atoms with Gasteiger partial charge in [0.25, 0.3) is 5.91 Å². The van der Waals surface area contributed by atoms with E-state index in [0.717, 1.165) is 51.9 Å². The van der Waals surface area contributed by atoms with Crippen LogP contribution in [0.5, 0.6) is 0 Å². The first-order chi connectivity index (χ1) is 12.6. The summed E-state index contributed by atoms with van der Waals surface area (Å²) in [7, 11) is 0. The SMILES string of the molecule is CCNCC1CCN(C(=O)C2(C)CCCN2C(=O)c2ccccc2)CC1.Cl.